The van der Waals surface area contributed by atoms with Crippen molar-refractivity contribution in [2.24, 2.45) is 0 Å². The van der Waals surface area contributed by atoms with E-state index in [1.807, 2.05) is 30.3 Å². The SMILES string of the molecule is CCCN(CCC)CCOc1ccc(Cc2c(OCCCCO)ccc3cc(O)ccc23)cc1. The molecule has 0 radical (unpaired) electrons. The summed E-state index contributed by atoms with van der Waals surface area (Å²) in [6, 6.07) is 17.7. The minimum absolute atomic E-state index is 0.177. The van der Waals surface area contributed by atoms with Crippen molar-refractivity contribution in [2.45, 2.75) is 46.0 Å². The summed E-state index contributed by atoms with van der Waals surface area (Å²) < 4.78 is 12.1. The summed E-state index contributed by atoms with van der Waals surface area (Å²) in [5.41, 5.74) is 2.27. The van der Waals surface area contributed by atoms with Crippen LogP contribution in [-0.4, -0.2) is 54.6 Å². The monoisotopic (exact) mass is 465 g/mol. The van der Waals surface area contributed by atoms with Crippen molar-refractivity contribution in [2.75, 3.05) is 39.5 Å². The van der Waals surface area contributed by atoms with Crippen LogP contribution in [0.4, 0.5) is 0 Å². The van der Waals surface area contributed by atoms with E-state index in [-0.39, 0.29) is 12.4 Å². The van der Waals surface area contributed by atoms with Gasteiger partial charge in [0.25, 0.3) is 0 Å². The van der Waals surface area contributed by atoms with Crippen LogP contribution in [0.5, 0.6) is 17.2 Å². The number of ether oxygens (including phenoxy) is 2. The molecule has 0 aliphatic rings. The van der Waals surface area contributed by atoms with Crippen LogP contribution in [0.3, 0.4) is 0 Å². The number of fused-ring (bicyclic) bond motifs is 1. The van der Waals surface area contributed by atoms with Gasteiger partial charge in [0, 0.05) is 25.1 Å². The van der Waals surface area contributed by atoms with Crippen molar-refractivity contribution in [3.05, 3.63) is 65.7 Å². The summed E-state index contributed by atoms with van der Waals surface area (Å²) in [6.07, 6.45) is 4.58. The van der Waals surface area contributed by atoms with E-state index in [4.69, 9.17) is 14.6 Å². The zero-order valence-corrected chi connectivity index (χ0v) is 20.6. The molecule has 0 aliphatic carbocycles. The molecule has 3 rings (SSSR count). The first-order chi connectivity index (χ1) is 16.6. The maximum Gasteiger partial charge on any atom is 0.123 e. The van der Waals surface area contributed by atoms with Gasteiger partial charge in [-0.1, -0.05) is 38.1 Å². The highest BCUT2D eigenvalue weighted by Crippen LogP contribution is 2.32. The topological polar surface area (TPSA) is 62.2 Å². The number of nitrogens with zero attached hydrogens (tertiary/aromatic N) is 1. The molecular formula is C29H39NO4. The van der Waals surface area contributed by atoms with Gasteiger partial charge in [-0.05, 0) is 85.4 Å². The summed E-state index contributed by atoms with van der Waals surface area (Å²) in [5.74, 6) is 2.00. The smallest absolute Gasteiger partial charge is 0.123 e. The van der Waals surface area contributed by atoms with Crippen LogP contribution in [0.25, 0.3) is 10.8 Å². The zero-order chi connectivity index (χ0) is 24.2. The van der Waals surface area contributed by atoms with E-state index in [1.54, 1.807) is 12.1 Å². The van der Waals surface area contributed by atoms with Crippen molar-refractivity contribution in [3.63, 3.8) is 0 Å². The van der Waals surface area contributed by atoms with E-state index < -0.39 is 0 Å². The van der Waals surface area contributed by atoms with Crippen molar-refractivity contribution in [1.29, 1.82) is 0 Å². The second-order valence-electron chi connectivity index (χ2n) is 8.74. The molecular weight excluding hydrogens is 426 g/mol. The Morgan fingerprint density at radius 3 is 2.26 bits per heavy atom. The molecule has 0 saturated carbocycles. The Morgan fingerprint density at radius 1 is 0.794 bits per heavy atom. The molecule has 0 saturated heterocycles. The highest BCUT2D eigenvalue weighted by Gasteiger charge is 2.11. The summed E-state index contributed by atoms with van der Waals surface area (Å²) in [5, 5.41) is 21.0. The van der Waals surface area contributed by atoms with Crippen LogP contribution >= 0.6 is 0 Å². The van der Waals surface area contributed by atoms with Crippen molar-refractivity contribution in [3.8, 4) is 17.2 Å². The minimum Gasteiger partial charge on any atom is -0.508 e. The van der Waals surface area contributed by atoms with E-state index in [9.17, 15) is 5.11 Å². The molecule has 0 unspecified atom stereocenters. The number of aromatic hydroxyl groups is 1. The van der Waals surface area contributed by atoms with Gasteiger partial charge in [-0.3, -0.25) is 4.90 Å². The van der Waals surface area contributed by atoms with E-state index >= 15 is 0 Å². The lowest BCUT2D eigenvalue weighted by atomic mass is 9.97. The molecule has 0 amide bonds. The number of hydrogen-bond donors (Lipinski definition) is 2. The van der Waals surface area contributed by atoms with E-state index in [1.165, 1.54) is 5.56 Å². The predicted octanol–water partition coefficient (Wildman–Crippen LogP) is 5.79. The summed E-state index contributed by atoms with van der Waals surface area (Å²) >= 11 is 0. The van der Waals surface area contributed by atoms with Gasteiger partial charge in [0.15, 0.2) is 0 Å². The quantitative estimate of drug-likeness (QED) is 0.278. The van der Waals surface area contributed by atoms with Crippen LogP contribution in [0.1, 0.15) is 50.7 Å². The Labute approximate surface area is 203 Å². The lowest BCUT2D eigenvalue weighted by Crippen LogP contribution is -2.30. The average molecular weight is 466 g/mol. The summed E-state index contributed by atoms with van der Waals surface area (Å²) in [4.78, 5) is 2.45. The van der Waals surface area contributed by atoms with Gasteiger partial charge >= 0.3 is 0 Å². The van der Waals surface area contributed by atoms with E-state index in [0.29, 0.717) is 13.2 Å². The molecule has 0 fully saturated rings. The summed E-state index contributed by atoms with van der Waals surface area (Å²) in [7, 11) is 0. The summed E-state index contributed by atoms with van der Waals surface area (Å²) in [6.45, 7) is 9.04. The Balaban J connectivity index is 1.69. The molecule has 34 heavy (non-hydrogen) atoms. The number of phenols is 1. The Kier molecular flexibility index (Phi) is 10.5. The fraction of sp³-hybridized carbons (Fsp3) is 0.448. The molecule has 3 aromatic rings. The first kappa shape index (κ1) is 25.9. The fourth-order valence-corrected chi connectivity index (χ4v) is 4.24. The number of unbranched alkanes of at least 4 members (excludes halogenated alkanes) is 1. The van der Waals surface area contributed by atoms with Gasteiger partial charge < -0.3 is 19.7 Å². The average Bonchev–Trinajstić information content (AvgIpc) is 2.84. The van der Waals surface area contributed by atoms with Crippen LogP contribution in [0.15, 0.2) is 54.6 Å². The van der Waals surface area contributed by atoms with Crippen LogP contribution in [0, 0.1) is 0 Å². The first-order valence-electron chi connectivity index (χ1n) is 12.6. The zero-order valence-electron chi connectivity index (χ0n) is 20.6. The highest BCUT2D eigenvalue weighted by molar-refractivity contribution is 5.89. The molecule has 2 N–H and O–H groups in total. The van der Waals surface area contributed by atoms with Gasteiger partial charge in [0.1, 0.15) is 23.9 Å². The number of hydrogen-bond acceptors (Lipinski definition) is 5. The Bertz CT molecular complexity index is 997. The normalized spacial score (nSPS) is 11.3. The van der Waals surface area contributed by atoms with Crippen LogP contribution in [0.2, 0.25) is 0 Å². The third kappa shape index (κ3) is 7.64. The molecule has 5 heteroatoms. The molecule has 0 aromatic heterocycles. The van der Waals surface area contributed by atoms with E-state index in [0.717, 1.165) is 79.6 Å². The van der Waals surface area contributed by atoms with Crippen molar-refractivity contribution < 1.29 is 19.7 Å². The van der Waals surface area contributed by atoms with E-state index in [2.05, 4.69) is 30.9 Å². The molecule has 0 spiro atoms. The molecule has 0 bridgehead atoms. The standard InChI is InChI=1S/C29H39NO4/c1-3-15-30(16-4-2)17-20-33-26-11-7-23(8-12-26)21-28-27-13-10-25(32)22-24(27)9-14-29(28)34-19-6-5-18-31/h7-14,22,31-32H,3-6,15-21H2,1-2H3. The molecule has 0 heterocycles. The number of rotatable bonds is 15. The largest absolute Gasteiger partial charge is 0.508 e. The van der Waals surface area contributed by atoms with Gasteiger partial charge in [-0.2, -0.15) is 0 Å². The Morgan fingerprint density at radius 2 is 1.56 bits per heavy atom. The van der Waals surface area contributed by atoms with Gasteiger partial charge in [-0.15, -0.1) is 0 Å². The number of phenolic OH excluding ortho intramolecular Hbond substituents is 1. The van der Waals surface area contributed by atoms with Gasteiger partial charge in [-0.25, -0.2) is 0 Å². The molecule has 3 aromatic carbocycles. The fourth-order valence-electron chi connectivity index (χ4n) is 4.24. The maximum atomic E-state index is 9.90. The number of benzene rings is 3. The molecule has 184 valence electrons. The molecule has 0 atom stereocenters. The molecule has 0 aliphatic heterocycles. The third-order valence-corrected chi connectivity index (χ3v) is 5.94. The Hall–Kier alpha value is -2.76. The highest BCUT2D eigenvalue weighted by atomic mass is 16.5. The molecule has 5 nitrogen and oxygen atoms in total. The maximum absolute atomic E-state index is 9.90. The number of aliphatic hydroxyl groups is 1. The lowest BCUT2D eigenvalue weighted by molar-refractivity contribution is 0.209. The third-order valence-electron chi connectivity index (χ3n) is 5.94. The second-order valence-corrected chi connectivity index (χ2v) is 8.74. The van der Waals surface area contributed by atoms with Crippen LogP contribution < -0.4 is 9.47 Å². The lowest BCUT2D eigenvalue weighted by Gasteiger charge is -2.21. The first-order valence-corrected chi connectivity index (χ1v) is 12.6. The van der Waals surface area contributed by atoms with Gasteiger partial charge in [0.2, 0.25) is 0 Å². The predicted molar refractivity (Wildman–Crippen MR) is 139 cm³/mol. The minimum atomic E-state index is 0.177. The van der Waals surface area contributed by atoms with Crippen molar-refractivity contribution in [1.82, 2.24) is 4.90 Å². The van der Waals surface area contributed by atoms with Gasteiger partial charge in [0.05, 0.1) is 6.61 Å². The van der Waals surface area contributed by atoms with Crippen molar-refractivity contribution >= 4 is 10.8 Å². The second kappa shape index (κ2) is 13.8. The number of aliphatic hydroxyl groups excluding tert-OH is 1. The van der Waals surface area contributed by atoms with Crippen LogP contribution in [-0.2, 0) is 6.42 Å².